The van der Waals surface area contributed by atoms with Gasteiger partial charge in [0.25, 0.3) is 5.91 Å². The van der Waals surface area contributed by atoms with E-state index in [1.54, 1.807) is 24.2 Å². The van der Waals surface area contributed by atoms with Crippen LogP contribution in [0.4, 0.5) is 0 Å². The monoisotopic (exact) mass is 315 g/mol. The maximum atomic E-state index is 12.5. The average molecular weight is 315 g/mol. The summed E-state index contributed by atoms with van der Waals surface area (Å²) in [7, 11) is 1.64. The van der Waals surface area contributed by atoms with Gasteiger partial charge in [-0.25, -0.2) is 0 Å². The van der Waals surface area contributed by atoms with Crippen molar-refractivity contribution in [2.45, 2.75) is 45.7 Å². The van der Waals surface area contributed by atoms with Crippen molar-refractivity contribution in [2.24, 2.45) is 0 Å². The molecule has 0 saturated heterocycles. The highest BCUT2D eigenvalue weighted by Crippen LogP contribution is 2.27. The van der Waals surface area contributed by atoms with Gasteiger partial charge in [-0.1, -0.05) is 25.1 Å². The molecule has 0 unspecified atom stereocenters. The molecule has 23 heavy (non-hydrogen) atoms. The van der Waals surface area contributed by atoms with Crippen LogP contribution in [0.25, 0.3) is 0 Å². The number of benzene rings is 1. The zero-order chi connectivity index (χ0) is 17.0. The number of carbonyl (C=O) groups excluding carboxylic acids is 1. The van der Waals surface area contributed by atoms with E-state index in [0.717, 1.165) is 17.7 Å². The number of aromatic nitrogens is 2. The van der Waals surface area contributed by atoms with Gasteiger partial charge in [-0.3, -0.25) is 9.48 Å². The van der Waals surface area contributed by atoms with Gasteiger partial charge in [0.1, 0.15) is 5.75 Å². The Morgan fingerprint density at radius 2 is 2.04 bits per heavy atom. The Kier molecular flexibility index (Phi) is 5.08. The number of ether oxygens (including phenoxy) is 1. The number of amides is 1. The summed E-state index contributed by atoms with van der Waals surface area (Å²) < 4.78 is 7.19. The zero-order valence-corrected chi connectivity index (χ0v) is 14.5. The summed E-state index contributed by atoms with van der Waals surface area (Å²) in [6.07, 6.45) is 4.17. The molecule has 5 nitrogen and oxygen atoms in total. The van der Waals surface area contributed by atoms with Crippen LogP contribution in [0.1, 0.15) is 56.1 Å². The summed E-state index contributed by atoms with van der Waals surface area (Å²) >= 11 is 0. The topological polar surface area (TPSA) is 56.2 Å². The number of carbonyl (C=O) groups is 1. The fraction of sp³-hybridized carbons (Fsp3) is 0.444. The molecule has 0 saturated carbocycles. The second-order valence-electron chi connectivity index (χ2n) is 6.52. The van der Waals surface area contributed by atoms with Crippen molar-refractivity contribution in [3.8, 4) is 5.75 Å². The Hall–Kier alpha value is -2.30. The molecule has 2 rings (SSSR count). The van der Waals surface area contributed by atoms with Crippen molar-refractivity contribution in [2.75, 3.05) is 7.11 Å². The number of nitrogens with zero attached hydrogens (tertiary/aromatic N) is 2. The Bertz CT molecular complexity index is 671. The lowest BCUT2D eigenvalue weighted by Gasteiger charge is -2.20. The van der Waals surface area contributed by atoms with Gasteiger partial charge >= 0.3 is 0 Å². The third-order valence-electron chi connectivity index (χ3n) is 3.76. The number of hydrogen-bond acceptors (Lipinski definition) is 3. The molecule has 1 amide bonds. The number of methoxy groups -OCH3 is 1. The largest absolute Gasteiger partial charge is 0.496 e. The van der Waals surface area contributed by atoms with E-state index in [1.807, 2.05) is 52.0 Å². The molecule has 0 aliphatic carbocycles. The van der Waals surface area contributed by atoms with Crippen molar-refractivity contribution in [1.82, 2.24) is 15.1 Å². The normalized spacial score (nSPS) is 12.7. The first-order valence-corrected chi connectivity index (χ1v) is 7.85. The van der Waals surface area contributed by atoms with Crippen LogP contribution in [0.15, 0.2) is 36.7 Å². The van der Waals surface area contributed by atoms with E-state index in [-0.39, 0.29) is 17.5 Å². The molecule has 1 aromatic heterocycles. The van der Waals surface area contributed by atoms with Crippen LogP contribution in [0.5, 0.6) is 5.75 Å². The lowest BCUT2D eigenvalue weighted by atomic mass is 10.0. The van der Waals surface area contributed by atoms with E-state index in [0.29, 0.717) is 5.56 Å². The number of para-hydroxylation sites is 1. The first-order chi connectivity index (χ1) is 10.9. The van der Waals surface area contributed by atoms with Gasteiger partial charge < -0.3 is 10.1 Å². The smallest absolute Gasteiger partial charge is 0.254 e. The van der Waals surface area contributed by atoms with Crippen molar-refractivity contribution >= 4 is 5.91 Å². The molecule has 0 fully saturated rings. The second kappa shape index (κ2) is 6.86. The Morgan fingerprint density at radius 3 is 2.61 bits per heavy atom. The summed E-state index contributed by atoms with van der Waals surface area (Å²) in [4.78, 5) is 12.5. The van der Waals surface area contributed by atoms with Crippen LogP contribution in [0.3, 0.4) is 0 Å². The third kappa shape index (κ3) is 3.92. The van der Waals surface area contributed by atoms with E-state index in [2.05, 4.69) is 10.4 Å². The summed E-state index contributed by atoms with van der Waals surface area (Å²) in [5.74, 6) is 0.656. The van der Waals surface area contributed by atoms with Gasteiger partial charge in [0.15, 0.2) is 0 Å². The van der Waals surface area contributed by atoms with Crippen molar-refractivity contribution in [3.05, 3.63) is 47.8 Å². The lowest BCUT2D eigenvalue weighted by Crippen LogP contribution is -2.28. The van der Waals surface area contributed by atoms with Gasteiger partial charge in [-0.05, 0) is 33.3 Å². The minimum absolute atomic E-state index is 0.100. The summed E-state index contributed by atoms with van der Waals surface area (Å²) in [5.41, 5.74) is 1.40. The van der Waals surface area contributed by atoms with Crippen LogP contribution >= 0.6 is 0 Å². The number of hydrogen-bond donors (Lipinski definition) is 1. The molecule has 1 aromatic carbocycles. The Morgan fingerprint density at radius 1 is 1.35 bits per heavy atom. The lowest BCUT2D eigenvalue weighted by molar-refractivity contribution is 0.0935. The Balaban J connectivity index is 2.18. The van der Waals surface area contributed by atoms with Gasteiger partial charge in [-0.15, -0.1) is 0 Å². The van der Waals surface area contributed by atoms with E-state index < -0.39 is 0 Å². The van der Waals surface area contributed by atoms with Gasteiger partial charge in [0.2, 0.25) is 0 Å². The molecule has 1 heterocycles. The van der Waals surface area contributed by atoms with Crippen LogP contribution in [-0.4, -0.2) is 22.8 Å². The molecule has 1 atom stereocenters. The van der Waals surface area contributed by atoms with E-state index >= 15 is 0 Å². The predicted octanol–water partition coefficient (Wildman–Crippen LogP) is 3.53. The molecule has 0 radical (unpaired) electrons. The van der Waals surface area contributed by atoms with Crippen LogP contribution in [0.2, 0.25) is 0 Å². The molecule has 124 valence electrons. The number of rotatable bonds is 5. The molecule has 2 aromatic rings. The first kappa shape index (κ1) is 17.1. The minimum atomic E-state index is -0.147. The molecule has 0 spiro atoms. The zero-order valence-electron chi connectivity index (χ0n) is 14.5. The van der Waals surface area contributed by atoms with Crippen LogP contribution < -0.4 is 10.1 Å². The van der Waals surface area contributed by atoms with Crippen LogP contribution in [-0.2, 0) is 5.54 Å². The van der Waals surface area contributed by atoms with Gasteiger partial charge in [0.05, 0.1) is 30.5 Å². The fourth-order valence-corrected chi connectivity index (χ4v) is 2.40. The molecule has 0 bridgehead atoms. The third-order valence-corrected chi connectivity index (χ3v) is 3.76. The molecular formula is C18H25N3O2. The molecule has 1 N–H and O–H groups in total. The SMILES string of the molecule is CC[C@@H](NC(=O)c1cnn(C(C)(C)C)c1)c1ccccc1OC. The first-order valence-electron chi connectivity index (χ1n) is 7.85. The highest BCUT2D eigenvalue weighted by atomic mass is 16.5. The number of nitrogens with one attached hydrogen (secondary N) is 1. The van der Waals surface area contributed by atoms with Crippen LogP contribution in [0, 0.1) is 0 Å². The van der Waals surface area contributed by atoms with E-state index in [1.165, 1.54) is 0 Å². The summed E-state index contributed by atoms with van der Waals surface area (Å²) in [5, 5.41) is 7.35. The predicted molar refractivity (Wildman–Crippen MR) is 90.7 cm³/mol. The fourth-order valence-electron chi connectivity index (χ4n) is 2.40. The highest BCUT2D eigenvalue weighted by molar-refractivity contribution is 5.94. The second-order valence-corrected chi connectivity index (χ2v) is 6.52. The molecule has 0 aliphatic heterocycles. The van der Waals surface area contributed by atoms with Gasteiger partial charge in [0, 0.05) is 11.8 Å². The molecule has 5 heteroatoms. The van der Waals surface area contributed by atoms with Crippen molar-refractivity contribution in [1.29, 1.82) is 0 Å². The summed E-state index contributed by atoms with van der Waals surface area (Å²) in [6, 6.07) is 7.65. The van der Waals surface area contributed by atoms with Crippen molar-refractivity contribution in [3.63, 3.8) is 0 Å². The van der Waals surface area contributed by atoms with Gasteiger partial charge in [-0.2, -0.15) is 5.10 Å². The summed E-state index contributed by atoms with van der Waals surface area (Å²) in [6.45, 7) is 8.18. The highest BCUT2D eigenvalue weighted by Gasteiger charge is 2.20. The standard InChI is InChI=1S/C18H25N3O2/c1-6-15(14-9-7-8-10-16(14)23-5)20-17(22)13-11-19-21(12-13)18(2,3)4/h7-12,15H,6H2,1-5H3,(H,20,22)/t15-/m1/s1. The molecular weight excluding hydrogens is 290 g/mol. The quantitative estimate of drug-likeness (QED) is 0.918. The molecule has 0 aliphatic rings. The Labute approximate surface area is 137 Å². The van der Waals surface area contributed by atoms with E-state index in [9.17, 15) is 4.79 Å². The average Bonchev–Trinajstić information content (AvgIpc) is 3.02. The van der Waals surface area contributed by atoms with E-state index in [4.69, 9.17) is 4.74 Å². The van der Waals surface area contributed by atoms with Crippen molar-refractivity contribution < 1.29 is 9.53 Å². The maximum Gasteiger partial charge on any atom is 0.254 e. The maximum absolute atomic E-state index is 12.5. The minimum Gasteiger partial charge on any atom is -0.496 e.